The van der Waals surface area contributed by atoms with Gasteiger partial charge in [-0.2, -0.15) is 0 Å². The molecule has 0 unspecified atom stereocenters. The fraction of sp³-hybridized carbons (Fsp3) is 1.00. The number of rotatable bonds is 16. The van der Waals surface area contributed by atoms with Crippen LogP contribution in [0.3, 0.4) is 0 Å². The molecule has 140 valence electrons. The van der Waals surface area contributed by atoms with Gasteiger partial charge < -0.3 is 31.9 Å². The third-order valence-electron chi connectivity index (χ3n) is 5.10. The van der Waals surface area contributed by atoms with Crippen LogP contribution >= 0.6 is 0 Å². The summed E-state index contributed by atoms with van der Waals surface area (Å²) in [6, 6.07) is 0. The van der Waals surface area contributed by atoms with Gasteiger partial charge in [0.25, 0.3) is 0 Å². The maximum absolute atomic E-state index is 9.30. The highest BCUT2D eigenvalue weighted by molar-refractivity contribution is 5.02. The van der Waals surface area contributed by atoms with Crippen LogP contribution in [0.15, 0.2) is 0 Å². The van der Waals surface area contributed by atoms with Crippen molar-refractivity contribution in [3.63, 3.8) is 0 Å². The molecule has 0 atom stereocenters. The molecule has 23 heavy (non-hydrogen) atoms. The summed E-state index contributed by atoms with van der Waals surface area (Å²) in [6.45, 7) is 0.978. The third-order valence-corrected chi connectivity index (χ3v) is 5.10. The maximum atomic E-state index is 9.30. The van der Waals surface area contributed by atoms with Crippen molar-refractivity contribution in [2.45, 2.75) is 69.7 Å². The Labute approximate surface area is 140 Å². The highest BCUT2D eigenvalue weighted by atomic mass is 16.3. The molecule has 6 heteroatoms. The Kier molecular flexibility index (Phi) is 13.0. The van der Waals surface area contributed by atoms with E-state index in [0.717, 1.165) is 25.7 Å². The van der Waals surface area contributed by atoms with Crippen LogP contribution < -0.4 is 11.5 Å². The summed E-state index contributed by atoms with van der Waals surface area (Å²) in [6.07, 6.45) is 7.13. The smallest absolute Gasteiger partial charge is 0.0431 e. The molecule has 0 bridgehead atoms. The standard InChI is InChI=1S/C17H38N2O4/c18-11-1-6-16(7-2-12-20,8-3-13-21)17(19,9-4-14-22)10-5-15-23/h20-23H,1-15,18-19H2. The average Bonchev–Trinajstić information content (AvgIpc) is 2.57. The normalized spacial score (nSPS) is 12.8. The minimum absolute atomic E-state index is 0.0883. The van der Waals surface area contributed by atoms with Crippen molar-refractivity contribution >= 4 is 0 Å². The first kappa shape index (κ1) is 22.8. The molecule has 0 aliphatic rings. The highest BCUT2D eigenvalue weighted by Gasteiger charge is 2.46. The fourth-order valence-corrected chi connectivity index (χ4v) is 3.84. The molecule has 0 rings (SSSR count). The van der Waals surface area contributed by atoms with E-state index in [-0.39, 0.29) is 31.8 Å². The van der Waals surface area contributed by atoms with E-state index >= 15 is 0 Å². The highest BCUT2D eigenvalue weighted by Crippen LogP contribution is 2.47. The number of nitrogens with two attached hydrogens (primary N) is 2. The van der Waals surface area contributed by atoms with Crippen LogP contribution in [0, 0.1) is 5.41 Å². The molecule has 0 saturated carbocycles. The van der Waals surface area contributed by atoms with Gasteiger partial charge in [-0.05, 0) is 76.2 Å². The van der Waals surface area contributed by atoms with Gasteiger partial charge >= 0.3 is 0 Å². The molecule has 0 saturated heterocycles. The van der Waals surface area contributed by atoms with Gasteiger partial charge in [-0.1, -0.05) is 0 Å². The van der Waals surface area contributed by atoms with Gasteiger partial charge in [0.15, 0.2) is 0 Å². The lowest BCUT2D eigenvalue weighted by Crippen LogP contribution is -2.56. The van der Waals surface area contributed by atoms with Crippen LogP contribution in [0.2, 0.25) is 0 Å². The van der Waals surface area contributed by atoms with Gasteiger partial charge in [0.1, 0.15) is 0 Å². The van der Waals surface area contributed by atoms with E-state index in [2.05, 4.69) is 0 Å². The second-order valence-electron chi connectivity index (χ2n) is 6.64. The Morgan fingerprint density at radius 3 is 1.26 bits per heavy atom. The third kappa shape index (κ3) is 7.45. The first-order valence-corrected chi connectivity index (χ1v) is 8.98. The molecule has 8 N–H and O–H groups in total. The zero-order chi connectivity index (χ0) is 17.6. The summed E-state index contributed by atoms with van der Waals surface area (Å²) in [5.41, 5.74) is 11.8. The second-order valence-corrected chi connectivity index (χ2v) is 6.64. The molecule has 0 amide bonds. The van der Waals surface area contributed by atoms with Crippen molar-refractivity contribution in [1.29, 1.82) is 0 Å². The average molecular weight is 335 g/mol. The van der Waals surface area contributed by atoms with Crippen LogP contribution in [0.1, 0.15) is 64.2 Å². The Morgan fingerprint density at radius 2 is 0.913 bits per heavy atom. The van der Waals surface area contributed by atoms with E-state index < -0.39 is 5.54 Å². The Bertz CT molecular complexity index is 248. The van der Waals surface area contributed by atoms with Crippen LogP contribution in [-0.2, 0) is 0 Å². The minimum Gasteiger partial charge on any atom is -0.396 e. The van der Waals surface area contributed by atoms with Crippen molar-refractivity contribution in [3.05, 3.63) is 0 Å². The maximum Gasteiger partial charge on any atom is 0.0431 e. The fourth-order valence-electron chi connectivity index (χ4n) is 3.84. The summed E-state index contributed by atoms with van der Waals surface area (Å²) < 4.78 is 0. The first-order chi connectivity index (χ1) is 11.1. The lowest BCUT2D eigenvalue weighted by Gasteiger charge is -2.50. The Morgan fingerprint density at radius 1 is 0.565 bits per heavy atom. The number of aliphatic hydroxyl groups excluding tert-OH is 4. The topological polar surface area (TPSA) is 133 Å². The van der Waals surface area contributed by atoms with E-state index in [4.69, 9.17) is 11.5 Å². The monoisotopic (exact) mass is 334 g/mol. The van der Waals surface area contributed by atoms with Crippen LogP contribution in [-0.4, -0.2) is 58.9 Å². The van der Waals surface area contributed by atoms with E-state index in [1.165, 1.54) is 0 Å². The van der Waals surface area contributed by atoms with Crippen molar-refractivity contribution in [3.8, 4) is 0 Å². The quantitative estimate of drug-likeness (QED) is 0.243. The summed E-state index contributed by atoms with van der Waals surface area (Å²) in [4.78, 5) is 0. The summed E-state index contributed by atoms with van der Waals surface area (Å²) in [7, 11) is 0. The van der Waals surface area contributed by atoms with E-state index in [9.17, 15) is 20.4 Å². The SMILES string of the molecule is NCCCC(CCCO)(CCCO)C(N)(CCCO)CCCO. The van der Waals surface area contributed by atoms with Crippen molar-refractivity contribution in [2.75, 3.05) is 33.0 Å². The predicted octanol–water partition coefficient (Wildman–Crippen LogP) is 0.499. The zero-order valence-electron chi connectivity index (χ0n) is 14.6. The lowest BCUT2D eigenvalue weighted by atomic mass is 9.59. The molecule has 0 aromatic carbocycles. The van der Waals surface area contributed by atoms with Gasteiger partial charge in [0.2, 0.25) is 0 Å². The van der Waals surface area contributed by atoms with Gasteiger partial charge in [-0.25, -0.2) is 0 Å². The van der Waals surface area contributed by atoms with Crippen molar-refractivity contribution in [1.82, 2.24) is 0 Å². The molecule has 6 nitrogen and oxygen atoms in total. The largest absolute Gasteiger partial charge is 0.396 e. The molecular formula is C17H38N2O4. The summed E-state index contributed by atoms with van der Waals surface area (Å²) in [5, 5.41) is 37.1. The molecule has 0 aromatic rings. The number of aliphatic hydroxyl groups is 4. The Hall–Kier alpha value is -0.240. The van der Waals surface area contributed by atoms with E-state index in [1.54, 1.807) is 0 Å². The predicted molar refractivity (Wildman–Crippen MR) is 92.9 cm³/mol. The minimum atomic E-state index is -0.530. The molecule has 0 fully saturated rings. The summed E-state index contributed by atoms with van der Waals surface area (Å²) in [5.74, 6) is 0. The molecule has 0 aromatic heterocycles. The molecular weight excluding hydrogens is 296 g/mol. The first-order valence-electron chi connectivity index (χ1n) is 8.98. The van der Waals surface area contributed by atoms with Crippen LogP contribution in [0.4, 0.5) is 0 Å². The molecule has 0 heterocycles. The van der Waals surface area contributed by atoms with Crippen molar-refractivity contribution < 1.29 is 20.4 Å². The van der Waals surface area contributed by atoms with Crippen molar-refractivity contribution in [2.24, 2.45) is 16.9 Å². The molecule has 0 spiro atoms. The number of hydrogen-bond donors (Lipinski definition) is 6. The second kappa shape index (κ2) is 13.1. The van der Waals surface area contributed by atoms with Crippen LogP contribution in [0.5, 0.6) is 0 Å². The van der Waals surface area contributed by atoms with Crippen LogP contribution in [0.25, 0.3) is 0 Å². The van der Waals surface area contributed by atoms with Gasteiger partial charge in [0, 0.05) is 32.0 Å². The van der Waals surface area contributed by atoms with Gasteiger partial charge in [-0.3, -0.25) is 0 Å². The Balaban J connectivity index is 5.49. The lowest BCUT2D eigenvalue weighted by molar-refractivity contribution is 0.0383. The molecule has 0 aliphatic heterocycles. The molecule has 0 radical (unpaired) electrons. The number of hydrogen-bond acceptors (Lipinski definition) is 6. The zero-order valence-corrected chi connectivity index (χ0v) is 14.6. The van der Waals surface area contributed by atoms with Gasteiger partial charge in [0.05, 0.1) is 0 Å². The molecule has 0 aliphatic carbocycles. The van der Waals surface area contributed by atoms with Gasteiger partial charge in [-0.15, -0.1) is 0 Å². The summed E-state index contributed by atoms with van der Waals surface area (Å²) >= 11 is 0. The van der Waals surface area contributed by atoms with E-state index in [0.29, 0.717) is 45.1 Å². The van der Waals surface area contributed by atoms with E-state index in [1.807, 2.05) is 0 Å².